The Morgan fingerprint density at radius 1 is 1.10 bits per heavy atom. The Kier molecular flexibility index (Phi) is 4.88. The fourth-order valence-corrected chi connectivity index (χ4v) is 4.35. The second-order valence-electron chi connectivity index (χ2n) is 4.94. The summed E-state index contributed by atoms with van der Waals surface area (Å²) in [5, 5.41) is 0.744. The molecule has 3 rings (SSSR count). The predicted octanol–water partition coefficient (Wildman–Crippen LogP) is 4.19. The van der Waals surface area contributed by atoms with Gasteiger partial charge in [0.15, 0.2) is 0 Å². The Morgan fingerprint density at radius 2 is 1.81 bits per heavy atom. The summed E-state index contributed by atoms with van der Waals surface area (Å²) in [5.74, 6) is 2.37. The average Bonchev–Trinajstić information content (AvgIpc) is 2.97. The summed E-state index contributed by atoms with van der Waals surface area (Å²) >= 11 is 9.52. The molecule has 1 saturated heterocycles. The standard InChI is InChI=1S/C16H16ClNOS2/c17-13-3-1-12(2-4-13)15-6-5-14(21-15)11-16(19)18-7-9-20-10-8-18/h1-6H,7-11H2. The van der Waals surface area contributed by atoms with E-state index in [0.29, 0.717) is 6.42 Å². The van der Waals surface area contributed by atoms with Crippen molar-refractivity contribution in [1.82, 2.24) is 4.90 Å². The maximum atomic E-state index is 12.3. The van der Waals surface area contributed by atoms with E-state index in [9.17, 15) is 4.79 Å². The molecule has 21 heavy (non-hydrogen) atoms. The van der Waals surface area contributed by atoms with E-state index in [1.54, 1.807) is 11.3 Å². The van der Waals surface area contributed by atoms with E-state index in [2.05, 4.69) is 12.1 Å². The molecule has 1 fully saturated rings. The Hall–Kier alpha value is -0.970. The molecule has 1 aliphatic heterocycles. The molecule has 0 saturated carbocycles. The number of nitrogens with zero attached hydrogens (tertiary/aromatic N) is 1. The third-order valence-corrected chi connectivity index (χ3v) is 5.81. The summed E-state index contributed by atoms with van der Waals surface area (Å²) in [6.45, 7) is 1.78. The van der Waals surface area contributed by atoms with E-state index in [4.69, 9.17) is 11.6 Å². The van der Waals surface area contributed by atoms with Crippen molar-refractivity contribution >= 4 is 40.6 Å². The van der Waals surface area contributed by atoms with Crippen molar-refractivity contribution in [3.05, 3.63) is 46.3 Å². The van der Waals surface area contributed by atoms with Crippen LogP contribution in [0.5, 0.6) is 0 Å². The molecule has 0 radical (unpaired) electrons. The first-order chi connectivity index (χ1) is 10.2. The van der Waals surface area contributed by atoms with Gasteiger partial charge in [0.05, 0.1) is 6.42 Å². The largest absolute Gasteiger partial charge is 0.341 e. The van der Waals surface area contributed by atoms with Gasteiger partial charge in [-0.3, -0.25) is 4.79 Å². The zero-order valence-electron chi connectivity index (χ0n) is 11.5. The zero-order valence-corrected chi connectivity index (χ0v) is 13.9. The van der Waals surface area contributed by atoms with Gasteiger partial charge in [0.1, 0.15) is 0 Å². The number of carbonyl (C=O) groups excluding carboxylic acids is 1. The van der Waals surface area contributed by atoms with Crippen LogP contribution < -0.4 is 0 Å². The van der Waals surface area contributed by atoms with Crippen LogP contribution >= 0.6 is 34.7 Å². The van der Waals surface area contributed by atoms with Crippen molar-refractivity contribution in [2.45, 2.75) is 6.42 Å². The van der Waals surface area contributed by atoms with Gasteiger partial charge >= 0.3 is 0 Å². The molecule has 1 aromatic carbocycles. The lowest BCUT2D eigenvalue weighted by Gasteiger charge is -2.26. The molecule has 1 aliphatic rings. The third-order valence-electron chi connectivity index (χ3n) is 3.48. The van der Waals surface area contributed by atoms with E-state index in [0.717, 1.165) is 40.1 Å². The van der Waals surface area contributed by atoms with Gasteiger partial charge in [-0.2, -0.15) is 11.8 Å². The molecule has 0 spiro atoms. The molecule has 2 nitrogen and oxygen atoms in total. The molecule has 1 aromatic heterocycles. The monoisotopic (exact) mass is 337 g/mol. The molecule has 5 heteroatoms. The normalized spacial score (nSPS) is 15.2. The molecule has 0 bridgehead atoms. The van der Waals surface area contributed by atoms with Crippen LogP contribution in [0, 0.1) is 0 Å². The Balaban J connectivity index is 1.67. The van der Waals surface area contributed by atoms with Crippen LogP contribution in [0.25, 0.3) is 10.4 Å². The fraction of sp³-hybridized carbons (Fsp3) is 0.312. The van der Waals surface area contributed by atoms with Gasteiger partial charge in [-0.15, -0.1) is 11.3 Å². The van der Waals surface area contributed by atoms with E-state index >= 15 is 0 Å². The molecule has 2 heterocycles. The van der Waals surface area contributed by atoms with E-state index in [-0.39, 0.29) is 5.91 Å². The minimum absolute atomic E-state index is 0.250. The summed E-state index contributed by atoms with van der Waals surface area (Å²) in [5.41, 5.74) is 1.15. The predicted molar refractivity (Wildman–Crippen MR) is 92.4 cm³/mol. The van der Waals surface area contributed by atoms with E-state index in [1.165, 1.54) is 4.88 Å². The lowest BCUT2D eigenvalue weighted by Crippen LogP contribution is -2.38. The number of carbonyl (C=O) groups is 1. The van der Waals surface area contributed by atoms with Gasteiger partial charge in [0, 0.05) is 39.4 Å². The SMILES string of the molecule is O=C(Cc1ccc(-c2ccc(Cl)cc2)s1)N1CCSCC1. The maximum Gasteiger partial charge on any atom is 0.227 e. The molecule has 1 amide bonds. The highest BCUT2D eigenvalue weighted by atomic mass is 35.5. The first kappa shape index (κ1) is 14.9. The summed E-state index contributed by atoms with van der Waals surface area (Å²) in [6, 6.07) is 12.0. The van der Waals surface area contributed by atoms with Gasteiger partial charge in [-0.1, -0.05) is 23.7 Å². The number of halogens is 1. The molecular formula is C16H16ClNOS2. The maximum absolute atomic E-state index is 12.3. The van der Waals surface area contributed by atoms with Crippen molar-refractivity contribution in [1.29, 1.82) is 0 Å². The van der Waals surface area contributed by atoms with Crippen molar-refractivity contribution < 1.29 is 4.79 Å². The number of amides is 1. The number of thiophene rings is 1. The number of hydrogen-bond acceptors (Lipinski definition) is 3. The molecule has 110 valence electrons. The van der Waals surface area contributed by atoms with Crippen LogP contribution in [0.2, 0.25) is 5.02 Å². The van der Waals surface area contributed by atoms with Crippen LogP contribution in [-0.4, -0.2) is 35.4 Å². The highest BCUT2D eigenvalue weighted by Crippen LogP contribution is 2.29. The quantitative estimate of drug-likeness (QED) is 0.837. The molecule has 2 aromatic rings. The Labute approximate surface area is 138 Å². The topological polar surface area (TPSA) is 20.3 Å². The number of hydrogen-bond donors (Lipinski definition) is 0. The van der Waals surface area contributed by atoms with E-state index < -0.39 is 0 Å². The van der Waals surface area contributed by atoms with Crippen LogP contribution in [-0.2, 0) is 11.2 Å². The summed E-state index contributed by atoms with van der Waals surface area (Å²) in [4.78, 5) is 16.6. The minimum atomic E-state index is 0.250. The van der Waals surface area contributed by atoms with Crippen molar-refractivity contribution in [2.24, 2.45) is 0 Å². The van der Waals surface area contributed by atoms with Crippen molar-refractivity contribution in [2.75, 3.05) is 24.6 Å². The number of rotatable bonds is 3. The summed E-state index contributed by atoms with van der Waals surface area (Å²) < 4.78 is 0. The zero-order chi connectivity index (χ0) is 14.7. The fourth-order valence-electron chi connectivity index (χ4n) is 2.32. The van der Waals surface area contributed by atoms with Gasteiger partial charge in [-0.25, -0.2) is 0 Å². The van der Waals surface area contributed by atoms with Crippen molar-refractivity contribution in [3.63, 3.8) is 0 Å². The molecular weight excluding hydrogens is 322 g/mol. The van der Waals surface area contributed by atoms with Gasteiger partial charge in [0.2, 0.25) is 5.91 Å². The highest BCUT2D eigenvalue weighted by molar-refractivity contribution is 7.99. The summed E-state index contributed by atoms with van der Waals surface area (Å²) in [7, 11) is 0. The van der Waals surface area contributed by atoms with Crippen molar-refractivity contribution in [3.8, 4) is 10.4 Å². The van der Waals surface area contributed by atoms with Gasteiger partial charge < -0.3 is 4.90 Å². The Morgan fingerprint density at radius 3 is 2.52 bits per heavy atom. The molecule has 0 atom stereocenters. The smallest absolute Gasteiger partial charge is 0.227 e. The molecule has 0 aliphatic carbocycles. The third kappa shape index (κ3) is 3.82. The van der Waals surface area contributed by atoms with Crippen LogP contribution in [0.15, 0.2) is 36.4 Å². The number of thioether (sulfide) groups is 1. The highest BCUT2D eigenvalue weighted by Gasteiger charge is 2.17. The lowest BCUT2D eigenvalue weighted by molar-refractivity contribution is -0.130. The summed E-state index contributed by atoms with van der Waals surface area (Å²) in [6.07, 6.45) is 0.517. The van der Waals surface area contributed by atoms with E-state index in [1.807, 2.05) is 40.9 Å². The minimum Gasteiger partial charge on any atom is -0.341 e. The first-order valence-corrected chi connectivity index (χ1v) is 9.27. The lowest BCUT2D eigenvalue weighted by atomic mass is 10.2. The molecule has 0 N–H and O–H groups in total. The van der Waals surface area contributed by atoms with Gasteiger partial charge in [-0.05, 0) is 29.8 Å². The second kappa shape index (κ2) is 6.86. The number of benzene rings is 1. The van der Waals surface area contributed by atoms with Crippen LogP contribution in [0.1, 0.15) is 4.88 Å². The second-order valence-corrected chi connectivity index (χ2v) is 7.77. The molecule has 0 unspecified atom stereocenters. The average molecular weight is 338 g/mol. The van der Waals surface area contributed by atoms with Gasteiger partial charge in [0.25, 0.3) is 0 Å². The Bertz CT molecular complexity index is 617. The van der Waals surface area contributed by atoms with Crippen LogP contribution in [0.4, 0.5) is 0 Å². The first-order valence-electron chi connectivity index (χ1n) is 6.92. The van der Waals surface area contributed by atoms with Crippen LogP contribution in [0.3, 0.4) is 0 Å².